The van der Waals surface area contributed by atoms with E-state index >= 15 is 0 Å². The van der Waals surface area contributed by atoms with Crippen LogP contribution in [0.5, 0.6) is 0 Å². The van der Waals surface area contributed by atoms with E-state index in [0.29, 0.717) is 5.11 Å². The molecule has 0 radical (unpaired) electrons. The van der Waals surface area contributed by atoms with Gasteiger partial charge in [-0.15, -0.1) is 0 Å². The smallest absolute Gasteiger partial charge is 0.170 e. The van der Waals surface area contributed by atoms with E-state index in [4.69, 9.17) is 28.2 Å². The van der Waals surface area contributed by atoms with Crippen LogP contribution in [0.4, 0.5) is 0 Å². The third-order valence-electron chi connectivity index (χ3n) is 4.79. The molecule has 4 rings (SSSR count). The summed E-state index contributed by atoms with van der Waals surface area (Å²) in [5.41, 5.74) is 2.93. The van der Waals surface area contributed by atoms with Crippen LogP contribution in [0.2, 0.25) is 5.02 Å². The predicted molar refractivity (Wildman–Crippen MR) is 107 cm³/mol. The Bertz CT molecular complexity index is 957. The first-order valence-corrected chi connectivity index (χ1v) is 9.14. The molecule has 2 atom stereocenters. The van der Waals surface area contributed by atoms with E-state index in [-0.39, 0.29) is 12.1 Å². The van der Waals surface area contributed by atoms with E-state index in [1.807, 2.05) is 67.4 Å². The molecule has 0 unspecified atom stereocenters. The minimum Gasteiger partial charge on any atom is -0.459 e. The maximum atomic E-state index is 6.26. The minimum absolute atomic E-state index is 0.0619. The average Bonchev–Trinajstić information content (AvgIpc) is 3.23. The third-order valence-corrected chi connectivity index (χ3v) is 5.61. The maximum absolute atomic E-state index is 6.26. The van der Waals surface area contributed by atoms with Gasteiger partial charge in [-0.05, 0) is 55.0 Å². The number of hydrogen-bond acceptors (Lipinski definition) is 3. The Kier molecular flexibility index (Phi) is 4.42. The van der Waals surface area contributed by atoms with Crippen molar-refractivity contribution in [1.29, 1.82) is 0 Å². The lowest BCUT2D eigenvalue weighted by Crippen LogP contribution is -2.24. The van der Waals surface area contributed by atoms with Gasteiger partial charge in [0.15, 0.2) is 5.11 Å². The summed E-state index contributed by atoms with van der Waals surface area (Å²) < 4.78 is 6.23. The molecule has 132 valence electrons. The molecular formula is C20H18ClN3OS. The molecule has 1 aromatic carbocycles. The molecule has 1 saturated heterocycles. The second kappa shape index (κ2) is 6.74. The van der Waals surface area contributed by atoms with Crippen molar-refractivity contribution < 1.29 is 4.42 Å². The van der Waals surface area contributed by atoms with Crippen LogP contribution in [0.1, 0.15) is 29.1 Å². The van der Waals surface area contributed by atoms with Crippen molar-refractivity contribution in [1.82, 2.24) is 15.2 Å². The lowest BCUT2D eigenvalue weighted by molar-refractivity contribution is 0.310. The summed E-state index contributed by atoms with van der Waals surface area (Å²) in [6.45, 7) is 1.99. The van der Waals surface area contributed by atoms with Crippen molar-refractivity contribution in [2.45, 2.75) is 19.0 Å². The van der Waals surface area contributed by atoms with Crippen molar-refractivity contribution in [3.05, 3.63) is 76.8 Å². The van der Waals surface area contributed by atoms with E-state index in [9.17, 15) is 0 Å². The van der Waals surface area contributed by atoms with Crippen molar-refractivity contribution in [2.24, 2.45) is 0 Å². The fraction of sp³-hybridized carbons (Fsp3) is 0.200. The lowest BCUT2D eigenvalue weighted by atomic mass is 10.0. The van der Waals surface area contributed by atoms with E-state index in [1.54, 1.807) is 6.20 Å². The number of thiocarbonyl (C=S) groups is 1. The Hall–Kier alpha value is -2.37. The van der Waals surface area contributed by atoms with Gasteiger partial charge in [-0.2, -0.15) is 0 Å². The number of halogens is 1. The van der Waals surface area contributed by atoms with Gasteiger partial charge >= 0.3 is 0 Å². The van der Waals surface area contributed by atoms with Crippen LogP contribution in [0.3, 0.4) is 0 Å². The number of furan rings is 1. The summed E-state index contributed by atoms with van der Waals surface area (Å²) in [6.07, 6.45) is 1.79. The van der Waals surface area contributed by atoms with E-state index in [0.717, 1.165) is 33.4 Å². The molecule has 0 spiro atoms. The number of hydrogen-bond donors (Lipinski definition) is 1. The zero-order chi connectivity index (χ0) is 18.3. The SMILES string of the molecule is Cc1c(Cl)cccc1-c1ccc([C@H]2[C@H](c3ccccn3)NC(=S)N2C)o1. The van der Waals surface area contributed by atoms with Gasteiger partial charge in [0.2, 0.25) is 0 Å². The zero-order valence-corrected chi connectivity index (χ0v) is 16.0. The van der Waals surface area contributed by atoms with Crippen LogP contribution >= 0.6 is 23.8 Å². The number of benzene rings is 1. The quantitative estimate of drug-likeness (QED) is 0.651. The molecular weight excluding hydrogens is 366 g/mol. The Morgan fingerprint density at radius 3 is 2.77 bits per heavy atom. The molecule has 3 heterocycles. The number of rotatable bonds is 3. The molecule has 3 aromatic rings. The third kappa shape index (κ3) is 2.87. The van der Waals surface area contributed by atoms with Crippen LogP contribution < -0.4 is 5.32 Å². The molecule has 1 aliphatic heterocycles. The number of likely N-dealkylation sites (N-methyl/N-ethyl adjacent to an activating group) is 1. The summed E-state index contributed by atoms with van der Waals surface area (Å²) in [7, 11) is 1.97. The highest BCUT2D eigenvalue weighted by Gasteiger charge is 2.39. The van der Waals surface area contributed by atoms with Gasteiger partial charge < -0.3 is 14.6 Å². The topological polar surface area (TPSA) is 41.3 Å². The molecule has 26 heavy (non-hydrogen) atoms. The minimum atomic E-state index is -0.0642. The average molecular weight is 384 g/mol. The Labute approximate surface area is 162 Å². The number of aromatic nitrogens is 1. The van der Waals surface area contributed by atoms with E-state index in [2.05, 4.69) is 10.3 Å². The predicted octanol–water partition coefficient (Wildman–Crippen LogP) is 4.91. The summed E-state index contributed by atoms with van der Waals surface area (Å²) in [5.74, 6) is 1.64. The highest BCUT2D eigenvalue weighted by atomic mass is 35.5. The fourth-order valence-corrected chi connectivity index (χ4v) is 3.76. The maximum Gasteiger partial charge on any atom is 0.170 e. The number of nitrogens with one attached hydrogen (secondary N) is 1. The monoisotopic (exact) mass is 383 g/mol. The second-order valence-electron chi connectivity index (χ2n) is 6.35. The van der Waals surface area contributed by atoms with Crippen molar-refractivity contribution in [3.8, 4) is 11.3 Å². The van der Waals surface area contributed by atoms with Crippen LogP contribution in [0, 0.1) is 6.92 Å². The molecule has 2 aromatic heterocycles. The highest BCUT2D eigenvalue weighted by Crippen LogP contribution is 2.40. The molecule has 0 aliphatic carbocycles. The van der Waals surface area contributed by atoms with Gasteiger partial charge in [0, 0.05) is 23.8 Å². The van der Waals surface area contributed by atoms with Crippen molar-refractivity contribution in [3.63, 3.8) is 0 Å². The van der Waals surface area contributed by atoms with Crippen LogP contribution in [0.15, 0.2) is 59.1 Å². The highest BCUT2D eigenvalue weighted by molar-refractivity contribution is 7.80. The molecule has 6 heteroatoms. The van der Waals surface area contributed by atoms with Gasteiger partial charge in [-0.25, -0.2) is 0 Å². The van der Waals surface area contributed by atoms with Crippen LogP contribution in [-0.4, -0.2) is 22.0 Å². The molecule has 1 fully saturated rings. The van der Waals surface area contributed by atoms with Crippen molar-refractivity contribution in [2.75, 3.05) is 7.05 Å². The summed E-state index contributed by atoms with van der Waals surface area (Å²) in [6, 6.07) is 15.6. The van der Waals surface area contributed by atoms with Crippen LogP contribution in [0.25, 0.3) is 11.3 Å². The van der Waals surface area contributed by atoms with Gasteiger partial charge in [0.1, 0.15) is 17.6 Å². The molecule has 1 N–H and O–H groups in total. The molecule has 0 bridgehead atoms. The Morgan fingerprint density at radius 1 is 1.15 bits per heavy atom. The summed E-state index contributed by atoms with van der Waals surface area (Å²) in [5, 5.41) is 4.76. The first-order chi connectivity index (χ1) is 12.6. The standard InChI is InChI=1S/C20H18ClN3OS/c1-12-13(6-5-7-14(12)21)16-9-10-17(25-16)19-18(23-20(26)24(19)2)15-8-3-4-11-22-15/h3-11,18-19H,1-2H3,(H,23,26)/t18-,19-/m0/s1. The van der Waals surface area contributed by atoms with Gasteiger partial charge in [0.05, 0.1) is 11.7 Å². The molecule has 0 amide bonds. The zero-order valence-electron chi connectivity index (χ0n) is 14.4. The van der Waals surface area contributed by atoms with E-state index < -0.39 is 0 Å². The first kappa shape index (κ1) is 17.1. The fourth-order valence-electron chi connectivity index (χ4n) is 3.35. The summed E-state index contributed by atoms with van der Waals surface area (Å²) >= 11 is 11.7. The van der Waals surface area contributed by atoms with E-state index in [1.165, 1.54) is 0 Å². The Morgan fingerprint density at radius 2 is 2.00 bits per heavy atom. The van der Waals surface area contributed by atoms with Crippen molar-refractivity contribution >= 4 is 28.9 Å². The van der Waals surface area contributed by atoms with Gasteiger partial charge in [-0.1, -0.05) is 29.8 Å². The normalized spacial score (nSPS) is 19.7. The Balaban J connectivity index is 1.73. The van der Waals surface area contributed by atoms with Crippen LogP contribution in [-0.2, 0) is 0 Å². The first-order valence-electron chi connectivity index (χ1n) is 8.35. The summed E-state index contributed by atoms with van der Waals surface area (Å²) in [4.78, 5) is 6.50. The number of nitrogens with zero attached hydrogens (tertiary/aromatic N) is 2. The molecule has 4 nitrogen and oxygen atoms in total. The lowest BCUT2D eigenvalue weighted by Gasteiger charge is -2.21. The molecule has 0 saturated carbocycles. The van der Waals surface area contributed by atoms with Gasteiger partial charge in [-0.3, -0.25) is 4.98 Å². The second-order valence-corrected chi connectivity index (χ2v) is 7.15. The largest absolute Gasteiger partial charge is 0.459 e. The number of pyridine rings is 1. The van der Waals surface area contributed by atoms with Gasteiger partial charge in [0.25, 0.3) is 0 Å². The molecule has 1 aliphatic rings.